The number of hydrogen-bond acceptors (Lipinski definition) is 1. The highest BCUT2D eigenvalue weighted by molar-refractivity contribution is 7.88. The molecular formula is C8H7ClOS. The lowest BCUT2D eigenvalue weighted by molar-refractivity contribution is 0.688. The molecule has 1 atom stereocenters. The van der Waals surface area contributed by atoms with Crippen LogP contribution < -0.4 is 0 Å². The third-order valence-corrected chi connectivity index (χ3v) is 2.74. The maximum absolute atomic E-state index is 11.1. The van der Waals surface area contributed by atoms with Crippen LogP contribution in [0.15, 0.2) is 41.1 Å². The summed E-state index contributed by atoms with van der Waals surface area (Å²) in [7, 11) is -1.17. The van der Waals surface area contributed by atoms with Crippen molar-refractivity contribution in [3.8, 4) is 0 Å². The second-order valence-electron chi connectivity index (χ2n) is 1.89. The van der Waals surface area contributed by atoms with Gasteiger partial charge >= 0.3 is 0 Å². The molecular weight excluding hydrogens is 180 g/mol. The van der Waals surface area contributed by atoms with Crippen LogP contribution in [0.25, 0.3) is 0 Å². The van der Waals surface area contributed by atoms with Crippen LogP contribution in [0.5, 0.6) is 0 Å². The Morgan fingerprint density at radius 2 is 2.09 bits per heavy atom. The highest BCUT2D eigenvalue weighted by atomic mass is 35.5. The topological polar surface area (TPSA) is 17.1 Å². The quantitative estimate of drug-likeness (QED) is 0.694. The smallest absolute Gasteiger partial charge is 0.0785 e. The van der Waals surface area contributed by atoms with E-state index in [-0.39, 0.29) is 0 Å². The Hall–Kier alpha value is -0.600. The summed E-state index contributed by atoms with van der Waals surface area (Å²) < 4.78 is 11.1. The molecule has 0 aliphatic rings. The average Bonchev–Trinajstić information content (AvgIpc) is 2.04. The minimum atomic E-state index is -1.17. The lowest BCUT2D eigenvalue weighted by Crippen LogP contribution is -1.85. The van der Waals surface area contributed by atoms with Crippen molar-refractivity contribution in [1.29, 1.82) is 0 Å². The molecule has 11 heavy (non-hydrogen) atoms. The van der Waals surface area contributed by atoms with Gasteiger partial charge in [-0.2, -0.15) is 0 Å². The van der Waals surface area contributed by atoms with Gasteiger partial charge in [-0.25, -0.2) is 4.21 Å². The summed E-state index contributed by atoms with van der Waals surface area (Å²) >= 11 is 5.76. The van der Waals surface area contributed by atoms with Crippen molar-refractivity contribution >= 4 is 22.4 Å². The molecule has 0 aliphatic carbocycles. The van der Waals surface area contributed by atoms with Gasteiger partial charge in [-0.15, -0.1) is 0 Å². The highest BCUT2D eigenvalue weighted by Crippen LogP contribution is 2.18. The predicted molar refractivity (Wildman–Crippen MR) is 48.1 cm³/mol. The third-order valence-electron chi connectivity index (χ3n) is 1.20. The van der Waals surface area contributed by atoms with E-state index in [4.69, 9.17) is 11.6 Å². The molecule has 0 N–H and O–H groups in total. The Morgan fingerprint density at radius 1 is 1.45 bits per heavy atom. The van der Waals surface area contributed by atoms with Crippen LogP contribution >= 0.6 is 11.6 Å². The third kappa shape index (κ3) is 1.91. The molecule has 0 saturated heterocycles. The summed E-state index contributed by atoms with van der Waals surface area (Å²) in [6.07, 6.45) is 0. The summed E-state index contributed by atoms with van der Waals surface area (Å²) in [5.74, 6) is 0. The van der Waals surface area contributed by atoms with Gasteiger partial charge in [0.2, 0.25) is 0 Å². The second-order valence-corrected chi connectivity index (χ2v) is 3.67. The Bertz CT molecular complexity index is 296. The lowest BCUT2D eigenvalue weighted by Gasteiger charge is -1.97. The molecule has 0 aliphatic heterocycles. The zero-order valence-electron chi connectivity index (χ0n) is 5.79. The Morgan fingerprint density at radius 3 is 2.64 bits per heavy atom. The van der Waals surface area contributed by atoms with E-state index in [1.807, 2.05) is 0 Å². The van der Waals surface area contributed by atoms with E-state index in [0.717, 1.165) is 0 Å². The molecule has 1 aromatic carbocycles. The first kappa shape index (κ1) is 8.50. The molecule has 0 spiro atoms. The zero-order chi connectivity index (χ0) is 8.27. The molecule has 0 unspecified atom stereocenters. The molecule has 0 saturated carbocycles. The second kappa shape index (κ2) is 3.69. The summed E-state index contributed by atoms with van der Waals surface area (Å²) in [5.41, 5.74) is 0. The molecule has 58 valence electrons. The van der Waals surface area contributed by atoms with E-state index >= 15 is 0 Å². The van der Waals surface area contributed by atoms with Crippen molar-refractivity contribution in [2.75, 3.05) is 0 Å². The number of rotatable bonds is 2. The zero-order valence-corrected chi connectivity index (χ0v) is 7.36. The average molecular weight is 187 g/mol. The van der Waals surface area contributed by atoms with Crippen LogP contribution in [0.1, 0.15) is 0 Å². The SMILES string of the molecule is C=C[S@](=O)c1ccccc1Cl. The highest BCUT2D eigenvalue weighted by Gasteiger charge is 2.02. The molecule has 1 aromatic rings. The van der Waals surface area contributed by atoms with Gasteiger partial charge in [0.1, 0.15) is 0 Å². The van der Waals surface area contributed by atoms with E-state index in [1.54, 1.807) is 24.3 Å². The molecule has 1 nitrogen and oxygen atoms in total. The fraction of sp³-hybridized carbons (Fsp3) is 0. The number of benzene rings is 1. The molecule has 1 rings (SSSR count). The molecule has 0 aromatic heterocycles. The van der Waals surface area contributed by atoms with Crippen LogP contribution in [-0.4, -0.2) is 4.21 Å². The van der Waals surface area contributed by atoms with Crippen molar-refractivity contribution in [2.24, 2.45) is 0 Å². The van der Waals surface area contributed by atoms with Crippen LogP contribution in [0.3, 0.4) is 0 Å². The van der Waals surface area contributed by atoms with Crippen LogP contribution in [0.4, 0.5) is 0 Å². The summed E-state index contributed by atoms with van der Waals surface area (Å²) in [4.78, 5) is 0.615. The Labute approximate surface area is 73.1 Å². The summed E-state index contributed by atoms with van der Waals surface area (Å²) in [6.45, 7) is 3.42. The minimum Gasteiger partial charge on any atom is -0.250 e. The van der Waals surface area contributed by atoms with E-state index in [2.05, 4.69) is 6.58 Å². The van der Waals surface area contributed by atoms with Crippen molar-refractivity contribution in [3.05, 3.63) is 41.3 Å². The predicted octanol–water partition coefficient (Wildman–Crippen LogP) is 2.59. The van der Waals surface area contributed by atoms with Crippen LogP contribution in [0, 0.1) is 0 Å². The Balaban J connectivity index is 3.13. The van der Waals surface area contributed by atoms with Gasteiger partial charge in [-0.1, -0.05) is 30.3 Å². The van der Waals surface area contributed by atoms with Crippen LogP contribution in [-0.2, 0) is 10.8 Å². The molecule has 0 heterocycles. The van der Waals surface area contributed by atoms with Crippen molar-refractivity contribution in [2.45, 2.75) is 4.90 Å². The molecule has 0 fully saturated rings. The fourth-order valence-electron chi connectivity index (χ4n) is 0.698. The fourth-order valence-corrected chi connectivity index (χ4v) is 1.71. The maximum Gasteiger partial charge on any atom is 0.0785 e. The largest absolute Gasteiger partial charge is 0.250 e. The van der Waals surface area contributed by atoms with Crippen molar-refractivity contribution < 1.29 is 4.21 Å². The van der Waals surface area contributed by atoms with E-state index in [0.29, 0.717) is 9.92 Å². The molecule has 3 heteroatoms. The Kier molecular flexibility index (Phi) is 2.85. The van der Waals surface area contributed by atoms with Crippen molar-refractivity contribution in [3.63, 3.8) is 0 Å². The minimum absolute atomic E-state index is 0.519. The first-order valence-corrected chi connectivity index (χ1v) is 4.62. The standard InChI is InChI=1S/C8H7ClOS/c1-2-11(10)8-6-4-3-5-7(8)9/h2-6H,1H2/t11-/m0/s1. The number of halogens is 1. The first-order valence-electron chi connectivity index (χ1n) is 3.03. The van der Waals surface area contributed by atoms with Gasteiger partial charge in [0, 0.05) is 5.41 Å². The van der Waals surface area contributed by atoms with E-state index in [9.17, 15) is 4.21 Å². The van der Waals surface area contributed by atoms with E-state index in [1.165, 1.54) is 5.41 Å². The lowest BCUT2D eigenvalue weighted by atomic mass is 10.4. The van der Waals surface area contributed by atoms with Crippen molar-refractivity contribution in [1.82, 2.24) is 0 Å². The summed E-state index contributed by atoms with van der Waals surface area (Å²) in [5, 5.41) is 1.88. The summed E-state index contributed by atoms with van der Waals surface area (Å²) in [6, 6.07) is 7.02. The number of hydrogen-bond donors (Lipinski definition) is 0. The van der Waals surface area contributed by atoms with Gasteiger partial charge in [-0.3, -0.25) is 0 Å². The van der Waals surface area contributed by atoms with Crippen LogP contribution in [0.2, 0.25) is 5.02 Å². The van der Waals surface area contributed by atoms with Gasteiger partial charge in [-0.05, 0) is 12.1 Å². The van der Waals surface area contributed by atoms with E-state index < -0.39 is 10.8 Å². The normalized spacial score (nSPS) is 12.5. The van der Waals surface area contributed by atoms with Gasteiger partial charge < -0.3 is 0 Å². The van der Waals surface area contributed by atoms with Gasteiger partial charge in [0.25, 0.3) is 0 Å². The maximum atomic E-state index is 11.1. The molecule has 0 radical (unpaired) electrons. The van der Waals surface area contributed by atoms with Gasteiger partial charge in [0.05, 0.1) is 20.7 Å². The molecule has 0 amide bonds. The monoisotopic (exact) mass is 186 g/mol. The molecule has 0 bridgehead atoms. The first-order chi connectivity index (χ1) is 5.25. The van der Waals surface area contributed by atoms with Gasteiger partial charge in [0.15, 0.2) is 0 Å².